The second-order valence-corrected chi connectivity index (χ2v) is 9.58. The lowest BCUT2D eigenvalue weighted by Crippen LogP contribution is -2.19. The standard InChI is InChI=1S/C20H22N4O2S2/c1-8-4-5-11-12(6-8)27-20(14(11)17(22)25)24-18(26)16-15(21)13-9(2)7-10(3)23-19(13)28-16/h7-8H,4-6,21H2,1-3H3,(H2,22,25)(H,24,26). The van der Waals surface area contributed by atoms with Gasteiger partial charge in [-0.05, 0) is 56.2 Å². The van der Waals surface area contributed by atoms with Gasteiger partial charge in [0.25, 0.3) is 11.8 Å². The predicted octanol–water partition coefficient (Wildman–Crippen LogP) is 4.03. The maximum atomic E-state index is 13.0. The van der Waals surface area contributed by atoms with Crippen LogP contribution < -0.4 is 16.8 Å². The summed E-state index contributed by atoms with van der Waals surface area (Å²) < 4.78 is 0. The lowest BCUT2D eigenvalue weighted by atomic mass is 9.88. The molecule has 8 heteroatoms. The van der Waals surface area contributed by atoms with Gasteiger partial charge >= 0.3 is 0 Å². The fourth-order valence-corrected chi connectivity index (χ4v) is 6.42. The molecule has 0 spiro atoms. The average Bonchev–Trinajstić information content (AvgIpc) is 3.11. The molecule has 0 aromatic carbocycles. The third-order valence-electron chi connectivity index (χ3n) is 5.22. The molecule has 0 bridgehead atoms. The Hall–Kier alpha value is -2.45. The molecule has 3 heterocycles. The van der Waals surface area contributed by atoms with Gasteiger partial charge in [-0.1, -0.05) is 6.92 Å². The van der Waals surface area contributed by atoms with Crippen molar-refractivity contribution in [1.29, 1.82) is 0 Å². The topological polar surface area (TPSA) is 111 Å². The molecule has 1 atom stereocenters. The van der Waals surface area contributed by atoms with Crippen molar-refractivity contribution in [1.82, 2.24) is 4.98 Å². The molecule has 1 aliphatic carbocycles. The van der Waals surface area contributed by atoms with E-state index in [1.54, 1.807) is 0 Å². The van der Waals surface area contributed by atoms with Crippen LogP contribution in [0.5, 0.6) is 0 Å². The molecular formula is C20H22N4O2S2. The highest BCUT2D eigenvalue weighted by atomic mass is 32.1. The van der Waals surface area contributed by atoms with E-state index < -0.39 is 5.91 Å². The minimum atomic E-state index is -0.500. The highest BCUT2D eigenvalue weighted by Crippen LogP contribution is 2.41. The summed E-state index contributed by atoms with van der Waals surface area (Å²) in [7, 11) is 0. The second-order valence-electron chi connectivity index (χ2n) is 7.48. The van der Waals surface area contributed by atoms with Crippen LogP contribution in [0.1, 0.15) is 55.1 Å². The number of nitrogens with two attached hydrogens (primary N) is 2. The number of nitrogen functional groups attached to an aromatic ring is 1. The summed E-state index contributed by atoms with van der Waals surface area (Å²) in [6.07, 6.45) is 2.74. The number of pyridine rings is 1. The van der Waals surface area contributed by atoms with Gasteiger partial charge < -0.3 is 16.8 Å². The number of carbonyl (C=O) groups excluding carboxylic acids is 2. The third-order valence-corrected chi connectivity index (χ3v) is 7.48. The largest absolute Gasteiger partial charge is 0.397 e. The van der Waals surface area contributed by atoms with Crippen LogP contribution in [0.25, 0.3) is 10.2 Å². The van der Waals surface area contributed by atoms with Gasteiger partial charge in [0, 0.05) is 16.0 Å². The van der Waals surface area contributed by atoms with Crippen LogP contribution >= 0.6 is 22.7 Å². The van der Waals surface area contributed by atoms with Crippen molar-refractivity contribution < 1.29 is 9.59 Å². The smallest absolute Gasteiger partial charge is 0.268 e. The minimum Gasteiger partial charge on any atom is -0.397 e. The first-order valence-electron chi connectivity index (χ1n) is 9.18. The Labute approximate surface area is 171 Å². The van der Waals surface area contributed by atoms with E-state index in [1.165, 1.54) is 22.7 Å². The first kappa shape index (κ1) is 18.9. The van der Waals surface area contributed by atoms with E-state index in [2.05, 4.69) is 17.2 Å². The molecule has 5 N–H and O–H groups in total. The Morgan fingerprint density at radius 2 is 2.04 bits per heavy atom. The number of hydrogen-bond donors (Lipinski definition) is 3. The van der Waals surface area contributed by atoms with E-state index >= 15 is 0 Å². The Morgan fingerprint density at radius 3 is 2.75 bits per heavy atom. The fourth-order valence-electron chi connectivity index (χ4n) is 3.90. The Balaban J connectivity index is 1.74. The molecule has 146 valence electrons. The molecule has 0 fully saturated rings. The minimum absolute atomic E-state index is 0.327. The Morgan fingerprint density at radius 1 is 1.29 bits per heavy atom. The number of anilines is 2. The molecule has 28 heavy (non-hydrogen) atoms. The van der Waals surface area contributed by atoms with Crippen LogP contribution in [0.2, 0.25) is 0 Å². The van der Waals surface area contributed by atoms with Crippen molar-refractivity contribution in [2.75, 3.05) is 11.1 Å². The molecule has 0 saturated carbocycles. The highest BCUT2D eigenvalue weighted by Gasteiger charge is 2.28. The number of aromatic nitrogens is 1. The Bertz CT molecular complexity index is 1130. The van der Waals surface area contributed by atoms with Gasteiger partial charge in [-0.25, -0.2) is 4.98 Å². The number of primary amides is 1. The van der Waals surface area contributed by atoms with Gasteiger partial charge in [0.2, 0.25) is 0 Å². The van der Waals surface area contributed by atoms with Crippen LogP contribution in [-0.4, -0.2) is 16.8 Å². The van der Waals surface area contributed by atoms with Gasteiger partial charge in [0.1, 0.15) is 14.7 Å². The summed E-state index contributed by atoms with van der Waals surface area (Å²) in [4.78, 5) is 31.9. The van der Waals surface area contributed by atoms with Crippen LogP contribution in [0.4, 0.5) is 10.7 Å². The van der Waals surface area contributed by atoms with Gasteiger partial charge in [-0.15, -0.1) is 22.7 Å². The fraction of sp³-hybridized carbons (Fsp3) is 0.350. The number of aryl methyl sites for hydroxylation is 2. The maximum Gasteiger partial charge on any atom is 0.268 e. The van der Waals surface area contributed by atoms with Gasteiger partial charge in [-0.3, -0.25) is 9.59 Å². The quantitative estimate of drug-likeness (QED) is 0.601. The SMILES string of the molecule is Cc1cc(C)c2c(N)c(C(=O)Nc3sc4c(c3C(N)=O)CCC(C)C4)sc2n1. The van der Waals surface area contributed by atoms with Gasteiger partial charge in [0.15, 0.2) is 0 Å². The summed E-state index contributed by atoms with van der Waals surface area (Å²) in [5.41, 5.74) is 15.7. The maximum absolute atomic E-state index is 13.0. The number of hydrogen-bond acceptors (Lipinski definition) is 6. The summed E-state index contributed by atoms with van der Waals surface area (Å²) in [6.45, 7) is 6.07. The van der Waals surface area contributed by atoms with Crippen molar-refractivity contribution >= 4 is 55.4 Å². The first-order chi connectivity index (χ1) is 13.3. The van der Waals surface area contributed by atoms with E-state index in [1.807, 2.05) is 19.9 Å². The number of amides is 2. The molecular weight excluding hydrogens is 392 g/mol. The average molecular weight is 415 g/mol. The zero-order chi connectivity index (χ0) is 20.2. The number of nitrogens with zero attached hydrogens (tertiary/aromatic N) is 1. The lowest BCUT2D eigenvalue weighted by Gasteiger charge is -2.18. The monoisotopic (exact) mass is 414 g/mol. The van der Waals surface area contributed by atoms with Crippen molar-refractivity contribution in [3.05, 3.63) is 38.2 Å². The van der Waals surface area contributed by atoms with Gasteiger partial charge in [-0.2, -0.15) is 0 Å². The van der Waals surface area contributed by atoms with E-state index in [0.717, 1.165) is 51.2 Å². The lowest BCUT2D eigenvalue weighted by molar-refractivity contribution is 0.1000. The summed E-state index contributed by atoms with van der Waals surface area (Å²) in [5, 5.41) is 4.23. The highest BCUT2D eigenvalue weighted by molar-refractivity contribution is 7.21. The van der Waals surface area contributed by atoms with E-state index in [9.17, 15) is 9.59 Å². The molecule has 1 unspecified atom stereocenters. The molecule has 4 rings (SSSR count). The third kappa shape index (κ3) is 3.06. The normalized spacial score (nSPS) is 16.2. The molecule has 6 nitrogen and oxygen atoms in total. The van der Waals surface area contributed by atoms with Crippen molar-refractivity contribution in [3.63, 3.8) is 0 Å². The summed E-state index contributed by atoms with van der Waals surface area (Å²) in [6, 6.07) is 1.95. The zero-order valence-corrected chi connectivity index (χ0v) is 17.6. The van der Waals surface area contributed by atoms with Crippen LogP contribution in [0.3, 0.4) is 0 Å². The van der Waals surface area contributed by atoms with Crippen LogP contribution in [0.15, 0.2) is 6.07 Å². The number of rotatable bonds is 3. The molecule has 0 saturated heterocycles. The zero-order valence-electron chi connectivity index (χ0n) is 16.0. The molecule has 2 amide bonds. The molecule has 3 aromatic heterocycles. The van der Waals surface area contributed by atoms with Crippen molar-refractivity contribution in [2.45, 2.75) is 40.0 Å². The van der Waals surface area contributed by atoms with Crippen molar-refractivity contribution in [2.24, 2.45) is 11.7 Å². The second kappa shape index (κ2) is 6.86. The number of nitrogens with one attached hydrogen (secondary N) is 1. The Kier molecular flexibility index (Phi) is 4.63. The van der Waals surface area contributed by atoms with Crippen LogP contribution in [0, 0.1) is 19.8 Å². The van der Waals surface area contributed by atoms with Crippen LogP contribution in [-0.2, 0) is 12.8 Å². The summed E-state index contributed by atoms with van der Waals surface area (Å²) in [5.74, 6) is -0.266. The van der Waals surface area contributed by atoms with E-state index in [4.69, 9.17) is 11.5 Å². The number of fused-ring (bicyclic) bond motifs is 2. The van der Waals surface area contributed by atoms with Gasteiger partial charge in [0.05, 0.1) is 11.3 Å². The number of carbonyl (C=O) groups is 2. The molecule has 1 aliphatic rings. The predicted molar refractivity (Wildman–Crippen MR) is 115 cm³/mol. The first-order valence-corrected chi connectivity index (χ1v) is 10.8. The van der Waals surface area contributed by atoms with E-state index in [-0.39, 0.29) is 5.91 Å². The number of thiophene rings is 2. The van der Waals surface area contributed by atoms with Crippen molar-refractivity contribution in [3.8, 4) is 0 Å². The van der Waals surface area contributed by atoms with E-state index in [0.29, 0.717) is 27.0 Å². The molecule has 3 aromatic rings. The summed E-state index contributed by atoms with van der Waals surface area (Å²) >= 11 is 2.72. The molecule has 0 radical (unpaired) electrons. The molecule has 0 aliphatic heterocycles.